The molecule has 0 radical (unpaired) electrons. The number of nitrogens with zero attached hydrogens (tertiary/aromatic N) is 3. The Bertz CT molecular complexity index is 1650. The number of anilines is 4. The number of carbonyl (C=O) groups excluding carboxylic acids is 1. The number of morpholine rings is 1. The molecule has 4 unspecified atom stereocenters. The summed E-state index contributed by atoms with van der Waals surface area (Å²) in [6.07, 6.45) is 2.56. The molecule has 2 bridgehead atoms. The van der Waals surface area contributed by atoms with Gasteiger partial charge in [0.05, 0.1) is 37.3 Å². The average Bonchev–Trinajstić information content (AvgIpc) is 3.08. The largest absolute Gasteiger partial charge is 0.494 e. The first-order valence-electron chi connectivity index (χ1n) is 17.0. The Balaban J connectivity index is 1.23. The normalized spacial score (nSPS) is 23.3. The van der Waals surface area contributed by atoms with Crippen LogP contribution >= 0.6 is 0 Å². The molecule has 1 aromatic heterocycles. The van der Waals surface area contributed by atoms with Gasteiger partial charge in [0.25, 0.3) is 5.91 Å². The van der Waals surface area contributed by atoms with Crippen LogP contribution < -0.4 is 25.4 Å². The Morgan fingerprint density at radius 3 is 2.67 bits per heavy atom. The lowest BCUT2D eigenvalue weighted by Crippen LogP contribution is -2.53. The molecule has 3 aliphatic rings. The Morgan fingerprint density at radius 2 is 1.94 bits per heavy atom. The number of rotatable bonds is 10. The van der Waals surface area contributed by atoms with Gasteiger partial charge in [-0.25, -0.2) is 4.98 Å². The molecule has 4 atom stereocenters. The zero-order valence-corrected chi connectivity index (χ0v) is 28.5. The third-order valence-electron chi connectivity index (χ3n) is 10.3. The standard InChI is InChI=1S/C36H45F3N6O4/c1-22-7-5-9-27(33(46)40-3)31(22)43-32-28(36(37,38)39)21-41-34(44-32)42-29-11-10-26(18-30(29)47-4)49-35-12-6-8-24(19-35)17-25(20-35)23(2)45-13-15-48-16-14-45/h5,7,9-11,18,21,23-25H,6,8,12-17,19-20H2,1-4H3,(H,40,46)(H2,41,42,43,44). The molecule has 49 heavy (non-hydrogen) atoms. The minimum absolute atomic E-state index is 0.0847. The van der Waals surface area contributed by atoms with Crippen LogP contribution in [0.2, 0.25) is 0 Å². The quantitative estimate of drug-likeness (QED) is 0.206. The number of nitrogens with one attached hydrogen (secondary N) is 3. The number of carbonyl (C=O) groups is 1. The molecule has 1 aliphatic heterocycles. The topological polar surface area (TPSA) is 110 Å². The molecule has 6 rings (SSSR count). The first-order chi connectivity index (χ1) is 23.5. The van der Waals surface area contributed by atoms with Gasteiger partial charge < -0.3 is 30.2 Å². The summed E-state index contributed by atoms with van der Waals surface area (Å²) in [7, 11) is 2.98. The van der Waals surface area contributed by atoms with E-state index < -0.39 is 23.5 Å². The highest BCUT2D eigenvalue weighted by molar-refractivity contribution is 6.00. The predicted molar refractivity (Wildman–Crippen MR) is 181 cm³/mol. The van der Waals surface area contributed by atoms with Crippen molar-refractivity contribution in [2.45, 2.75) is 70.2 Å². The zero-order valence-electron chi connectivity index (χ0n) is 28.5. The van der Waals surface area contributed by atoms with E-state index in [-0.39, 0.29) is 22.8 Å². The molecule has 2 aliphatic carbocycles. The van der Waals surface area contributed by atoms with Crippen molar-refractivity contribution in [1.82, 2.24) is 20.2 Å². The van der Waals surface area contributed by atoms with E-state index in [1.165, 1.54) is 33.1 Å². The van der Waals surface area contributed by atoms with Gasteiger partial charge in [-0.3, -0.25) is 9.69 Å². The number of hydrogen-bond acceptors (Lipinski definition) is 9. The van der Waals surface area contributed by atoms with Crippen molar-refractivity contribution in [2.24, 2.45) is 11.8 Å². The van der Waals surface area contributed by atoms with E-state index in [0.717, 1.165) is 58.2 Å². The molecule has 3 N–H and O–H groups in total. The molecule has 3 aromatic rings. The number of halogens is 3. The highest BCUT2D eigenvalue weighted by Crippen LogP contribution is 2.49. The van der Waals surface area contributed by atoms with Gasteiger partial charge in [0.2, 0.25) is 5.95 Å². The van der Waals surface area contributed by atoms with E-state index in [2.05, 4.69) is 37.7 Å². The zero-order chi connectivity index (χ0) is 34.8. The second-order valence-electron chi connectivity index (χ2n) is 13.5. The molecular formula is C36H45F3N6O4. The number of ether oxygens (including phenoxy) is 3. The Hall–Kier alpha value is -4.10. The van der Waals surface area contributed by atoms with Crippen LogP contribution in [0.3, 0.4) is 0 Å². The fraction of sp³-hybridized carbons (Fsp3) is 0.528. The SMILES string of the molecule is CNC(=O)c1cccc(C)c1Nc1nc(Nc2ccc(OC34CCCC(CC(C(C)N5CCOCC5)C3)C4)cc2OC)ncc1C(F)(F)F. The Morgan fingerprint density at radius 1 is 1.14 bits per heavy atom. The molecule has 2 aromatic carbocycles. The molecule has 1 saturated heterocycles. The van der Waals surface area contributed by atoms with Gasteiger partial charge in [-0.05, 0) is 81.5 Å². The number of methoxy groups -OCH3 is 1. The number of hydrogen-bond donors (Lipinski definition) is 3. The monoisotopic (exact) mass is 682 g/mol. The van der Waals surface area contributed by atoms with Gasteiger partial charge in [0, 0.05) is 38.4 Å². The van der Waals surface area contributed by atoms with Crippen LogP contribution in [0.1, 0.15) is 66.9 Å². The maximum atomic E-state index is 14.1. The second-order valence-corrected chi connectivity index (χ2v) is 13.5. The smallest absolute Gasteiger partial charge is 0.421 e. The fourth-order valence-electron chi connectivity index (χ4n) is 7.83. The molecule has 10 nitrogen and oxygen atoms in total. The summed E-state index contributed by atoms with van der Waals surface area (Å²) in [6.45, 7) is 7.53. The summed E-state index contributed by atoms with van der Waals surface area (Å²) < 4.78 is 60.4. The van der Waals surface area contributed by atoms with Crippen molar-refractivity contribution < 1.29 is 32.2 Å². The van der Waals surface area contributed by atoms with Gasteiger partial charge in [-0.15, -0.1) is 0 Å². The minimum Gasteiger partial charge on any atom is -0.494 e. The van der Waals surface area contributed by atoms with Crippen LogP contribution in [0, 0.1) is 18.8 Å². The molecule has 264 valence electrons. The number of fused-ring (bicyclic) bond motifs is 2. The van der Waals surface area contributed by atoms with Crippen molar-refractivity contribution >= 4 is 29.0 Å². The summed E-state index contributed by atoms with van der Waals surface area (Å²) in [4.78, 5) is 23.2. The summed E-state index contributed by atoms with van der Waals surface area (Å²) in [6, 6.07) is 10.8. The molecule has 3 fully saturated rings. The van der Waals surface area contributed by atoms with Crippen LogP contribution in [-0.4, -0.2) is 72.9 Å². The van der Waals surface area contributed by atoms with E-state index >= 15 is 0 Å². The summed E-state index contributed by atoms with van der Waals surface area (Å²) in [5.74, 6) is 1.26. The second kappa shape index (κ2) is 14.4. The average molecular weight is 683 g/mol. The summed E-state index contributed by atoms with van der Waals surface area (Å²) >= 11 is 0. The number of para-hydroxylation sites is 1. The van der Waals surface area contributed by atoms with Gasteiger partial charge in [-0.1, -0.05) is 18.6 Å². The molecule has 13 heteroatoms. The van der Waals surface area contributed by atoms with Gasteiger partial charge >= 0.3 is 6.18 Å². The van der Waals surface area contributed by atoms with Gasteiger partial charge in [0.1, 0.15) is 28.5 Å². The maximum Gasteiger partial charge on any atom is 0.421 e. The number of alkyl halides is 3. The number of aromatic nitrogens is 2. The predicted octanol–water partition coefficient (Wildman–Crippen LogP) is 7.10. The van der Waals surface area contributed by atoms with Crippen LogP contribution in [-0.2, 0) is 10.9 Å². The van der Waals surface area contributed by atoms with E-state index in [4.69, 9.17) is 14.2 Å². The lowest BCUT2D eigenvalue weighted by atomic mass is 9.63. The van der Waals surface area contributed by atoms with E-state index in [1.54, 1.807) is 25.1 Å². The minimum atomic E-state index is -4.75. The van der Waals surface area contributed by atoms with Crippen molar-refractivity contribution in [3.05, 3.63) is 59.3 Å². The lowest BCUT2D eigenvalue weighted by Gasteiger charge is -2.51. The van der Waals surface area contributed by atoms with E-state index in [1.807, 2.05) is 12.1 Å². The van der Waals surface area contributed by atoms with Crippen molar-refractivity contribution in [3.63, 3.8) is 0 Å². The van der Waals surface area contributed by atoms with Crippen LogP contribution in [0.25, 0.3) is 0 Å². The Kier molecular flexibility index (Phi) is 10.2. The van der Waals surface area contributed by atoms with Crippen LogP contribution in [0.5, 0.6) is 11.5 Å². The molecule has 2 heterocycles. The first kappa shape index (κ1) is 34.8. The van der Waals surface area contributed by atoms with Crippen molar-refractivity contribution in [1.29, 1.82) is 0 Å². The fourth-order valence-corrected chi connectivity index (χ4v) is 7.83. The third-order valence-corrected chi connectivity index (χ3v) is 10.3. The molecule has 0 spiro atoms. The number of aryl methyl sites for hydroxylation is 1. The highest BCUT2D eigenvalue weighted by atomic mass is 19.4. The van der Waals surface area contributed by atoms with E-state index in [9.17, 15) is 18.0 Å². The van der Waals surface area contributed by atoms with Crippen LogP contribution in [0.4, 0.5) is 36.3 Å². The first-order valence-corrected chi connectivity index (χ1v) is 17.0. The summed E-state index contributed by atoms with van der Waals surface area (Å²) in [5.41, 5.74) is 0.104. The highest BCUT2D eigenvalue weighted by Gasteiger charge is 2.47. The Labute approximate surface area is 285 Å². The van der Waals surface area contributed by atoms with Gasteiger partial charge in [0.15, 0.2) is 0 Å². The lowest BCUT2D eigenvalue weighted by molar-refractivity contribution is -0.137. The summed E-state index contributed by atoms with van der Waals surface area (Å²) in [5, 5.41) is 8.30. The molecular weight excluding hydrogens is 637 g/mol. The third kappa shape index (κ3) is 7.72. The van der Waals surface area contributed by atoms with Crippen molar-refractivity contribution in [3.8, 4) is 11.5 Å². The number of benzene rings is 2. The molecule has 2 saturated carbocycles. The number of amides is 1. The van der Waals surface area contributed by atoms with Gasteiger partial charge in [-0.2, -0.15) is 18.2 Å². The van der Waals surface area contributed by atoms with Crippen molar-refractivity contribution in [2.75, 3.05) is 51.1 Å². The van der Waals surface area contributed by atoms with E-state index in [0.29, 0.717) is 40.6 Å². The molecule has 1 amide bonds. The maximum absolute atomic E-state index is 14.1. The van der Waals surface area contributed by atoms with Crippen LogP contribution in [0.15, 0.2) is 42.6 Å².